The van der Waals surface area contributed by atoms with Crippen LogP contribution in [0, 0.1) is 0 Å². The van der Waals surface area contributed by atoms with Gasteiger partial charge in [-0.15, -0.1) is 0 Å². The minimum absolute atomic E-state index is 0.0678. The van der Waals surface area contributed by atoms with Crippen molar-refractivity contribution < 1.29 is 38.9 Å². The second-order valence-corrected chi connectivity index (χ2v) is 12.9. The van der Waals surface area contributed by atoms with Crippen LogP contribution in [-0.2, 0) is 45.1 Å². The van der Waals surface area contributed by atoms with Crippen molar-refractivity contribution in [2.45, 2.75) is 68.8 Å². The largest absolute Gasteiger partial charge is 0.497 e. The molecule has 13 nitrogen and oxygen atoms in total. The van der Waals surface area contributed by atoms with Crippen LogP contribution in [0.2, 0.25) is 0 Å². The lowest BCUT2D eigenvalue weighted by atomic mass is 9.94. The number of nitrogens with two attached hydrogens (primary N) is 1. The molecule has 4 aromatic rings. The molecule has 53 heavy (non-hydrogen) atoms. The van der Waals surface area contributed by atoms with Crippen LogP contribution in [0.5, 0.6) is 5.75 Å². The van der Waals surface area contributed by atoms with Crippen LogP contribution >= 0.6 is 0 Å². The Kier molecular flexibility index (Phi) is 13.5. The summed E-state index contributed by atoms with van der Waals surface area (Å²) in [6.45, 7) is 0.0673. The van der Waals surface area contributed by atoms with Crippen LogP contribution in [0.4, 0.5) is 4.79 Å². The summed E-state index contributed by atoms with van der Waals surface area (Å²) in [5.41, 5.74) is 9.35. The quantitative estimate of drug-likeness (QED) is 0.0853. The molecule has 0 radical (unpaired) electrons. The average molecular weight is 724 g/mol. The number of benzene rings is 4. The first kappa shape index (κ1) is 38.5. The van der Waals surface area contributed by atoms with Crippen LogP contribution in [0.1, 0.15) is 40.3 Å². The number of aliphatic hydroxyl groups is 2. The summed E-state index contributed by atoms with van der Waals surface area (Å²) in [5.74, 6) is -1.65. The Bertz CT molecular complexity index is 1830. The van der Waals surface area contributed by atoms with Gasteiger partial charge in [-0.3, -0.25) is 19.7 Å². The van der Waals surface area contributed by atoms with E-state index in [0.717, 1.165) is 22.3 Å². The van der Waals surface area contributed by atoms with E-state index in [2.05, 4.69) is 21.3 Å². The van der Waals surface area contributed by atoms with Gasteiger partial charge in [-0.25, -0.2) is 4.79 Å². The van der Waals surface area contributed by atoms with E-state index in [1.54, 1.807) is 67.8 Å². The summed E-state index contributed by atoms with van der Waals surface area (Å²) in [5, 5.41) is 34.2. The predicted octanol–water partition coefficient (Wildman–Crippen LogP) is 2.19. The summed E-state index contributed by atoms with van der Waals surface area (Å²) in [6.07, 6.45) is -3.55. The number of hydrogen-bond donors (Lipinski definition) is 7. The maximum Gasteiger partial charge on any atom is 0.408 e. The average Bonchev–Trinajstić information content (AvgIpc) is 3.48. The van der Waals surface area contributed by atoms with Crippen molar-refractivity contribution in [1.29, 1.82) is 0 Å². The Hall–Kier alpha value is -5.76. The Labute approximate surface area is 307 Å². The van der Waals surface area contributed by atoms with Gasteiger partial charge in [-0.05, 0) is 46.4 Å². The lowest BCUT2D eigenvalue weighted by Gasteiger charge is -2.33. The zero-order valence-corrected chi connectivity index (χ0v) is 29.3. The molecule has 13 heteroatoms. The van der Waals surface area contributed by atoms with Crippen LogP contribution in [0.25, 0.3) is 0 Å². The molecule has 0 bridgehead atoms. The molecular weight excluding hydrogens is 678 g/mol. The maximum absolute atomic E-state index is 14.2. The molecule has 1 aliphatic carbocycles. The smallest absolute Gasteiger partial charge is 0.408 e. The monoisotopic (exact) mass is 723 g/mol. The van der Waals surface area contributed by atoms with Gasteiger partial charge < -0.3 is 41.4 Å². The standard InChI is InChI=1S/C40H45N5O8/c1-52-29-18-16-26(17-19-29)23-42-36(39(50)45-35-30-15-9-8-14-28(30)21-33(35)46)37(48)31(20-25-10-4-2-5-11-25)43-38(49)32(22-34(41)47)44-40(51)53-24-27-12-6-3-7-13-27/h2-19,31-33,35-37,42,46,48H,20-24H2,1H3,(H2,41,47)(H,43,49)(H,44,51)(H,45,50)/t31-,32-,33+,35-,36+,37+/m0/s1. The first-order chi connectivity index (χ1) is 25.6. The molecule has 8 N–H and O–H groups in total. The van der Waals surface area contributed by atoms with Gasteiger partial charge in [0.2, 0.25) is 17.7 Å². The molecule has 0 saturated carbocycles. The van der Waals surface area contributed by atoms with Crippen molar-refractivity contribution in [3.63, 3.8) is 0 Å². The highest BCUT2D eigenvalue weighted by atomic mass is 16.5. The molecule has 0 saturated heterocycles. The molecular formula is C40H45N5O8. The number of fused-ring (bicyclic) bond motifs is 1. The zero-order chi connectivity index (χ0) is 37.7. The van der Waals surface area contributed by atoms with Gasteiger partial charge in [0.1, 0.15) is 24.4 Å². The number of aliphatic hydroxyl groups excluding tert-OH is 2. The third kappa shape index (κ3) is 10.9. The summed E-state index contributed by atoms with van der Waals surface area (Å²) >= 11 is 0. The van der Waals surface area contributed by atoms with Crippen LogP contribution in [0.3, 0.4) is 0 Å². The fourth-order valence-corrected chi connectivity index (χ4v) is 6.29. The number of alkyl carbamates (subject to hydrolysis) is 1. The number of rotatable bonds is 17. The highest BCUT2D eigenvalue weighted by molar-refractivity contribution is 5.91. The first-order valence-electron chi connectivity index (χ1n) is 17.3. The summed E-state index contributed by atoms with van der Waals surface area (Å²) in [4.78, 5) is 52.8. The highest BCUT2D eigenvalue weighted by Crippen LogP contribution is 2.31. The number of amides is 4. The first-order valence-corrected chi connectivity index (χ1v) is 17.3. The Morgan fingerprint density at radius 3 is 2.11 bits per heavy atom. The molecule has 6 atom stereocenters. The molecule has 0 unspecified atom stereocenters. The molecule has 278 valence electrons. The van der Waals surface area contributed by atoms with Crippen LogP contribution in [-0.4, -0.2) is 71.5 Å². The molecule has 1 aliphatic rings. The molecule has 0 fully saturated rings. The number of carbonyl (C=O) groups excluding carboxylic acids is 4. The minimum Gasteiger partial charge on any atom is -0.497 e. The fourth-order valence-electron chi connectivity index (χ4n) is 6.29. The van der Waals surface area contributed by atoms with Crippen molar-refractivity contribution in [3.8, 4) is 5.75 Å². The summed E-state index contributed by atoms with van der Waals surface area (Å²) in [7, 11) is 1.55. The Balaban J connectivity index is 1.39. The number of methoxy groups -OCH3 is 1. The number of hydrogen-bond acceptors (Lipinski definition) is 9. The molecule has 0 aromatic heterocycles. The van der Waals surface area contributed by atoms with Gasteiger partial charge >= 0.3 is 6.09 Å². The predicted molar refractivity (Wildman–Crippen MR) is 196 cm³/mol. The molecule has 4 amide bonds. The maximum atomic E-state index is 14.2. The van der Waals surface area contributed by atoms with E-state index in [1.807, 2.05) is 48.5 Å². The number of primary amides is 1. The van der Waals surface area contributed by atoms with Crippen molar-refractivity contribution in [2.75, 3.05) is 7.11 Å². The van der Waals surface area contributed by atoms with Crippen molar-refractivity contribution in [2.24, 2.45) is 5.73 Å². The van der Waals surface area contributed by atoms with Gasteiger partial charge in [-0.1, -0.05) is 97.1 Å². The Morgan fingerprint density at radius 2 is 1.45 bits per heavy atom. The molecule has 0 aliphatic heterocycles. The van der Waals surface area contributed by atoms with E-state index in [9.17, 15) is 29.4 Å². The van der Waals surface area contributed by atoms with Crippen LogP contribution in [0.15, 0.2) is 109 Å². The zero-order valence-electron chi connectivity index (χ0n) is 29.3. The van der Waals surface area contributed by atoms with Crippen molar-refractivity contribution in [1.82, 2.24) is 21.3 Å². The lowest BCUT2D eigenvalue weighted by Crippen LogP contribution is -2.61. The summed E-state index contributed by atoms with van der Waals surface area (Å²) in [6, 6.07) is 27.9. The lowest BCUT2D eigenvalue weighted by molar-refractivity contribution is -0.131. The van der Waals surface area contributed by atoms with E-state index in [4.69, 9.17) is 15.2 Å². The number of ether oxygens (including phenoxy) is 2. The molecule has 5 rings (SSSR count). The molecule has 0 spiro atoms. The topological polar surface area (TPSA) is 201 Å². The molecule has 4 aromatic carbocycles. The SMILES string of the molecule is COc1ccc(CN[C@@H](C(=O)N[C@H]2c3ccccc3C[C@H]2O)[C@H](O)[C@H](Cc2ccccc2)NC(=O)[C@H](CC(N)=O)NC(=O)OCc2ccccc2)cc1. The van der Waals surface area contributed by atoms with Gasteiger partial charge in [0.05, 0.1) is 37.8 Å². The van der Waals surface area contributed by atoms with E-state index in [1.165, 1.54) is 0 Å². The van der Waals surface area contributed by atoms with Crippen molar-refractivity contribution in [3.05, 3.63) is 137 Å². The van der Waals surface area contributed by atoms with E-state index in [0.29, 0.717) is 17.7 Å². The van der Waals surface area contributed by atoms with Gasteiger partial charge in [0.25, 0.3) is 0 Å². The fraction of sp³-hybridized carbons (Fsp3) is 0.300. The third-order valence-corrected chi connectivity index (χ3v) is 9.08. The number of carbonyl (C=O) groups is 4. The van der Waals surface area contributed by atoms with E-state index in [-0.39, 0.29) is 19.6 Å². The second kappa shape index (κ2) is 18.6. The highest BCUT2D eigenvalue weighted by Gasteiger charge is 2.39. The van der Waals surface area contributed by atoms with E-state index >= 15 is 0 Å². The third-order valence-electron chi connectivity index (χ3n) is 9.08. The van der Waals surface area contributed by atoms with E-state index < -0.39 is 66.6 Å². The van der Waals surface area contributed by atoms with Gasteiger partial charge in [0, 0.05) is 13.0 Å². The summed E-state index contributed by atoms with van der Waals surface area (Å²) < 4.78 is 10.5. The minimum atomic E-state index is -1.56. The van der Waals surface area contributed by atoms with Gasteiger partial charge in [-0.2, -0.15) is 0 Å². The Morgan fingerprint density at radius 1 is 0.811 bits per heavy atom. The van der Waals surface area contributed by atoms with Gasteiger partial charge in [0.15, 0.2) is 0 Å². The van der Waals surface area contributed by atoms with Crippen LogP contribution < -0.4 is 31.7 Å². The van der Waals surface area contributed by atoms with Crippen molar-refractivity contribution >= 4 is 23.8 Å². The normalized spacial score (nSPS) is 17.0. The molecule has 0 heterocycles. The second-order valence-electron chi connectivity index (χ2n) is 12.9. The number of nitrogens with one attached hydrogen (secondary N) is 4.